The highest BCUT2D eigenvalue weighted by Crippen LogP contribution is 2.20. The van der Waals surface area contributed by atoms with Gasteiger partial charge in [-0.2, -0.15) is 5.26 Å². The van der Waals surface area contributed by atoms with Gasteiger partial charge in [0.15, 0.2) is 0 Å². The number of hydrogen-bond donors (Lipinski definition) is 1. The molecule has 1 unspecified atom stereocenters. The van der Waals surface area contributed by atoms with Gasteiger partial charge in [-0.05, 0) is 44.0 Å². The average Bonchev–Trinajstić information content (AvgIpc) is 2.48. The normalized spacial score (nSPS) is 13.5. The summed E-state index contributed by atoms with van der Waals surface area (Å²) in [4.78, 5) is 0. The maximum Gasteiger partial charge on any atom is 0.0991 e. The molecule has 0 saturated carbocycles. The number of rotatable bonds is 4. The quantitative estimate of drug-likeness (QED) is 0.894. The fraction of sp³-hybridized carbons (Fsp3) is 0.278. The Hall–Kier alpha value is -2.11. The lowest BCUT2D eigenvalue weighted by Gasteiger charge is -2.21. The third-order valence-electron chi connectivity index (χ3n) is 3.62. The molecular weight excluding hydrogens is 244 g/mol. The molecule has 102 valence electrons. The second kappa shape index (κ2) is 6.36. The first-order valence-corrected chi connectivity index (χ1v) is 6.93. The number of benzene rings is 2. The van der Waals surface area contributed by atoms with Gasteiger partial charge in [0.05, 0.1) is 11.6 Å². The van der Waals surface area contributed by atoms with Crippen LogP contribution in [0.15, 0.2) is 48.5 Å². The molecule has 20 heavy (non-hydrogen) atoms. The minimum absolute atomic E-state index is 0.249. The van der Waals surface area contributed by atoms with Crippen LogP contribution in [-0.2, 0) is 0 Å². The molecule has 1 N–H and O–H groups in total. The van der Waals surface area contributed by atoms with Crippen LogP contribution in [0.3, 0.4) is 0 Å². The number of nitriles is 1. The van der Waals surface area contributed by atoms with Crippen molar-refractivity contribution < 1.29 is 0 Å². The SMILES string of the molecule is Cc1ccc([C@@H](C)NC(C)c2ccc(C#N)cc2)cc1. The van der Waals surface area contributed by atoms with Gasteiger partial charge in [-0.25, -0.2) is 0 Å². The van der Waals surface area contributed by atoms with E-state index in [0.717, 1.165) is 0 Å². The molecule has 0 bridgehead atoms. The summed E-state index contributed by atoms with van der Waals surface area (Å²) in [5.74, 6) is 0. The second-order valence-electron chi connectivity index (χ2n) is 5.25. The topological polar surface area (TPSA) is 35.8 Å². The van der Waals surface area contributed by atoms with Gasteiger partial charge in [-0.3, -0.25) is 0 Å². The lowest BCUT2D eigenvalue weighted by Crippen LogP contribution is -2.22. The highest BCUT2D eigenvalue weighted by Gasteiger charge is 2.10. The average molecular weight is 264 g/mol. The number of nitrogens with one attached hydrogen (secondary N) is 1. The van der Waals surface area contributed by atoms with Gasteiger partial charge in [0.25, 0.3) is 0 Å². The molecule has 0 heterocycles. The van der Waals surface area contributed by atoms with Gasteiger partial charge >= 0.3 is 0 Å². The molecule has 2 rings (SSSR count). The zero-order valence-electron chi connectivity index (χ0n) is 12.2. The highest BCUT2D eigenvalue weighted by atomic mass is 14.9. The molecule has 0 aliphatic rings. The van der Waals surface area contributed by atoms with Crippen LogP contribution in [0, 0.1) is 18.3 Å². The van der Waals surface area contributed by atoms with Crippen LogP contribution in [0.4, 0.5) is 0 Å². The highest BCUT2D eigenvalue weighted by molar-refractivity contribution is 5.33. The molecule has 2 aromatic carbocycles. The maximum atomic E-state index is 8.82. The summed E-state index contributed by atoms with van der Waals surface area (Å²) in [6.07, 6.45) is 0. The van der Waals surface area contributed by atoms with E-state index in [1.807, 2.05) is 24.3 Å². The molecule has 2 atom stereocenters. The summed E-state index contributed by atoms with van der Waals surface area (Å²) in [6, 6.07) is 19.0. The van der Waals surface area contributed by atoms with Crippen molar-refractivity contribution in [2.75, 3.05) is 0 Å². The van der Waals surface area contributed by atoms with Crippen LogP contribution in [-0.4, -0.2) is 0 Å². The smallest absolute Gasteiger partial charge is 0.0991 e. The van der Waals surface area contributed by atoms with Crippen molar-refractivity contribution in [3.63, 3.8) is 0 Å². The van der Waals surface area contributed by atoms with Gasteiger partial charge in [-0.15, -0.1) is 0 Å². The summed E-state index contributed by atoms with van der Waals surface area (Å²) in [6.45, 7) is 6.41. The van der Waals surface area contributed by atoms with Crippen molar-refractivity contribution in [2.45, 2.75) is 32.9 Å². The Morgan fingerprint density at radius 1 is 0.850 bits per heavy atom. The Labute approximate surface area is 121 Å². The lowest BCUT2D eigenvalue weighted by atomic mass is 10.0. The fourth-order valence-corrected chi connectivity index (χ4v) is 2.27. The first-order chi connectivity index (χ1) is 9.60. The van der Waals surface area contributed by atoms with Gasteiger partial charge in [-0.1, -0.05) is 42.0 Å². The van der Waals surface area contributed by atoms with E-state index in [1.54, 1.807) is 0 Å². The largest absolute Gasteiger partial charge is 0.304 e. The minimum Gasteiger partial charge on any atom is -0.304 e. The maximum absolute atomic E-state index is 8.82. The molecule has 0 aromatic heterocycles. The molecule has 0 aliphatic heterocycles. The zero-order valence-corrected chi connectivity index (χ0v) is 12.2. The van der Waals surface area contributed by atoms with Crippen molar-refractivity contribution in [1.29, 1.82) is 5.26 Å². The standard InChI is InChI=1S/C18H20N2/c1-13-4-8-17(9-5-13)14(2)20-15(3)18-10-6-16(12-19)7-11-18/h4-11,14-15,20H,1-3H3/t14-,15?/m1/s1. The predicted octanol–water partition coefficient (Wildman–Crippen LogP) is 4.28. The van der Waals surface area contributed by atoms with Crippen molar-refractivity contribution in [2.24, 2.45) is 0 Å². The van der Waals surface area contributed by atoms with Crippen LogP contribution in [0.2, 0.25) is 0 Å². The van der Waals surface area contributed by atoms with Crippen molar-refractivity contribution >= 4 is 0 Å². The Morgan fingerprint density at radius 3 is 1.75 bits per heavy atom. The third kappa shape index (κ3) is 3.46. The Morgan fingerprint density at radius 2 is 1.30 bits per heavy atom. The molecule has 0 fully saturated rings. The summed E-state index contributed by atoms with van der Waals surface area (Å²) in [7, 11) is 0. The summed E-state index contributed by atoms with van der Waals surface area (Å²) >= 11 is 0. The number of hydrogen-bond acceptors (Lipinski definition) is 2. The van der Waals surface area contributed by atoms with Gasteiger partial charge < -0.3 is 5.32 Å². The third-order valence-corrected chi connectivity index (χ3v) is 3.62. The van der Waals surface area contributed by atoms with E-state index < -0.39 is 0 Å². The second-order valence-corrected chi connectivity index (χ2v) is 5.25. The van der Waals surface area contributed by atoms with Gasteiger partial charge in [0.1, 0.15) is 0 Å². The van der Waals surface area contributed by atoms with E-state index in [0.29, 0.717) is 11.6 Å². The lowest BCUT2D eigenvalue weighted by molar-refractivity contribution is 0.494. The van der Waals surface area contributed by atoms with E-state index in [-0.39, 0.29) is 6.04 Å². The first kappa shape index (κ1) is 14.3. The zero-order chi connectivity index (χ0) is 14.5. The van der Waals surface area contributed by atoms with Crippen LogP contribution < -0.4 is 5.32 Å². The number of aryl methyl sites for hydroxylation is 1. The van der Waals surface area contributed by atoms with Gasteiger partial charge in [0.2, 0.25) is 0 Å². The molecule has 0 radical (unpaired) electrons. The molecule has 0 amide bonds. The summed E-state index contributed by atoms with van der Waals surface area (Å²) in [5, 5.41) is 12.4. The molecule has 0 spiro atoms. The summed E-state index contributed by atoms with van der Waals surface area (Å²) in [5.41, 5.74) is 4.47. The summed E-state index contributed by atoms with van der Waals surface area (Å²) < 4.78 is 0. The monoisotopic (exact) mass is 264 g/mol. The Bertz CT molecular complexity index is 591. The molecule has 2 aromatic rings. The van der Waals surface area contributed by atoms with Crippen molar-refractivity contribution in [3.05, 3.63) is 70.8 Å². The van der Waals surface area contributed by atoms with E-state index in [2.05, 4.69) is 56.4 Å². The predicted molar refractivity (Wildman–Crippen MR) is 82.3 cm³/mol. The van der Waals surface area contributed by atoms with Crippen LogP contribution in [0.1, 0.15) is 48.2 Å². The van der Waals surface area contributed by atoms with Gasteiger partial charge in [0, 0.05) is 12.1 Å². The first-order valence-electron chi connectivity index (χ1n) is 6.93. The number of nitrogens with zero attached hydrogens (tertiary/aromatic N) is 1. The van der Waals surface area contributed by atoms with E-state index in [4.69, 9.17) is 5.26 Å². The molecule has 0 aliphatic carbocycles. The van der Waals surface area contributed by atoms with Crippen LogP contribution in [0.25, 0.3) is 0 Å². The van der Waals surface area contributed by atoms with Crippen LogP contribution in [0.5, 0.6) is 0 Å². The van der Waals surface area contributed by atoms with E-state index >= 15 is 0 Å². The van der Waals surface area contributed by atoms with E-state index in [9.17, 15) is 0 Å². The fourth-order valence-electron chi connectivity index (χ4n) is 2.27. The van der Waals surface area contributed by atoms with Crippen molar-refractivity contribution in [3.8, 4) is 6.07 Å². The van der Waals surface area contributed by atoms with E-state index in [1.165, 1.54) is 16.7 Å². The van der Waals surface area contributed by atoms with Crippen molar-refractivity contribution in [1.82, 2.24) is 5.32 Å². The minimum atomic E-state index is 0.249. The molecular formula is C18H20N2. The molecule has 2 nitrogen and oxygen atoms in total. The van der Waals surface area contributed by atoms with Crippen LogP contribution >= 0.6 is 0 Å². The Kier molecular flexibility index (Phi) is 4.55. The Balaban J connectivity index is 2.04. The molecule has 2 heteroatoms. The molecule has 0 saturated heterocycles.